The number of para-hydroxylation sites is 1. The zero-order valence-corrected chi connectivity index (χ0v) is 16.0. The van der Waals surface area contributed by atoms with Gasteiger partial charge in [0.1, 0.15) is 17.3 Å². The Kier molecular flexibility index (Phi) is 5.86. The molecule has 0 N–H and O–H groups in total. The molecule has 26 heavy (non-hydrogen) atoms. The van der Waals surface area contributed by atoms with Gasteiger partial charge in [0.15, 0.2) is 0 Å². The molecular formula is C21H28N4O. The van der Waals surface area contributed by atoms with Crippen LogP contribution in [0.2, 0.25) is 0 Å². The minimum absolute atomic E-state index is 0.00532. The molecule has 1 aromatic carbocycles. The average Bonchev–Trinajstić information content (AvgIpc) is 2.66. The molecular weight excluding hydrogens is 324 g/mol. The zero-order chi connectivity index (χ0) is 18.5. The van der Waals surface area contributed by atoms with Crippen LogP contribution < -0.4 is 4.90 Å². The van der Waals surface area contributed by atoms with Crippen LogP contribution in [0.4, 0.5) is 11.5 Å². The number of anilines is 2. The number of rotatable bonds is 6. The summed E-state index contributed by atoms with van der Waals surface area (Å²) in [5.41, 5.74) is 3.02. The van der Waals surface area contributed by atoms with Crippen LogP contribution >= 0.6 is 0 Å². The summed E-state index contributed by atoms with van der Waals surface area (Å²) in [5.74, 6) is 1.47. The summed E-state index contributed by atoms with van der Waals surface area (Å²) in [5, 5.41) is 0. The quantitative estimate of drug-likeness (QED) is 0.784. The first kappa shape index (κ1) is 18.4. The summed E-state index contributed by atoms with van der Waals surface area (Å²) in [6, 6.07) is 10.3. The molecule has 0 bridgehead atoms. The van der Waals surface area contributed by atoms with E-state index in [0.717, 1.165) is 51.1 Å². The van der Waals surface area contributed by atoms with E-state index in [1.807, 2.05) is 17.9 Å². The number of benzene rings is 1. The van der Waals surface area contributed by atoms with E-state index in [9.17, 15) is 4.79 Å². The molecule has 0 aliphatic carbocycles. The molecule has 2 aromatic rings. The van der Waals surface area contributed by atoms with Gasteiger partial charge in [-0.05, 0) is 44.2 Å². The number of fused-ring (bicyclic) bond motifs is 1. The summed E-state index contributed by atoms with van der Waals surface area (Å²) < 4.78 is 0. The lowest BCUT2D eigenvalue weighted by molar-refractivity contribution is 0.0749. The van der Waals surface area contributed by atoms with Crippen molar-refractivity contribution in [1.82, 2.24) is 14.9 Å². The first-order chi connectivity index (χ1) is 12.6. The maximum atomic E-state index is 13.0. The minimum atomic E-state index is 0.00532. The Labute approximate surface area is 156 Å². The molecule has 0 unspecified atom stereocenters. The van der Waals surface area contributed by atoms with Crippen molar-refractivity contribution in [1.29, 1.82) is 0 Å². The van der Waals surface area contributed by atoms with E-state index in [4.69, 9.17) is 0 Å². The Morgan fingerprint density at radius 1 is 1.15 bits per heavy atom. The Bertz CT molecular complexity index is 768. The fraction of sp³-hybridized carbons (Fsp3) is 0.476. The van der Waals surface area contributed by atoms with E-state index < -0.39 is 0 Å². The number of amides is 1. The second-order valence-electron chi connectivity index (χ2n) is 6.83. The third-order valence-electron chi connectivity index (χ3n) is 4.70. The second kappa shape index (κ2) is 8.30. The zero-order valence-electron chi connectivity index (χ0n) is 16.0. The molecule has 0 saturated heterocycles. The van der Waals surface area contributed by atoms with E-state index in [1.165, 1.54) is 11.3 Å². The molecule has 1 amide bonds. The van der Waals surface area contributed by atoms with Gasteiger partial charge in [-0.15, -0.1) is 0 Å². The molecule has 5 nitrogen and oxygen atoms in total. The maximum Gasteiger partial charge on any atom is 0.272 e. The monoisotopic (exact) mass is 352 g/mol. The van der Waals surface area contributed by atoms with Gasteiger partial charge in [0.05, 0.1) is 0 Å². The van der Waals surface area contributed by atoms with Gasteiger partial charge in [-0.3, -0.25) is 4.79 Å². The van der Waals surface area contributed by atoms with E-state index in [1.54, 1.807) is 0 Å². The molecule has 1 aliphatic rings. The SMILES string of the molecule is CCCN(CCC)C(=O)c1cc(N2CCCc3ccccc32)nc(C)n1. The van der Waals surface area contributed by atoms with Crippen LogP contribution in [0.25, 0.3) is 0 Å². The molecule has 0 radical (unpaired) electrons. The van der Waals surface area contributed by atoms with Gasteiger partial charge in [0, 0.05) is 31.4 Å². The van der Waals surface area contributed by atoms with Crippen molar-refractivity contribution in [3.05, 3.63) is 47.4 Å². The number of carbonyl (C=O) groups is 1. The molecule has 0 atom stereocenters. The standard InChI is InChI=1S/C21H28N4O/c1-4-12-24(13-5-2)21(26)18-15-20(23-16(3)22-18)25-14-8-10-17-9-6-7-11-19(17)25/h6-7,9,11,15H,4-5,8,10,12-14H2,1-3H3. The highest BCUT2D eigenvalue weighted by molar-refractivity contribution is 5.93. The fourth-order valence-corrected chi connectivity index (χ4v) is 3.59. The highest BCUT2D eigenvalue weighted by atomic mass is 16.2. The van der Waals surface area contributed by atoms with Gasteiger partial charge in [0.25, 0.3) is 5.91 Å². The van der Waals surface area contributed by atoms with Crippen LogP contribution in [-0.2, 0) is 6.42 Å². The number of aryl methyl sites for hydroxylation is 2. The number of carbonyl (C=O) groups excluding carboxylic acids is 1. The van der Waals surface area contributed by atoms with Gasteiger partial charge >= 0.3 is 0 Å². The predicted octanol–water partition coefficient (Wildman–Crippen LogP) is 4.13. The van der Waals surface area contributed by atoms with E-state index in [2.05, 4.69) is 53.0 Å². The van der Waals surface area contributed by atoms with Crippen molar-refractivity contribution in [2.75, 3.05) is 24.5 Å². The minimum Gasteiger partial charge on any atom is -0.337 e. The van der Waals surface area contributed by atoms with Gasteiger partial charge in [-0.2, -0.15) is 0 Å². The molecule has 2 heterocycles. The average molecular weight is 352 g/mol. The van der Waals surface area contributed by atoms with Gasteiger partial charge in [0.2, 0.25) is 0 Å². The smallest absolute Gasteiger partial charge is 0.272 e. The summed E-state index contributed by atoms with van der Waals surface area (Å²) in [6.45, 7) is 8.48. The molecule has 0 saturated carbocycles. The lowest BCUT2D eigenvalue weighted by Crippen LogP contribution is -2.33. The van der Waals surface area contributed by atoms with Crippen LogP contribution in [-0.4, -0.2) is 40.4 Å². The Morgan fingerprint density at radius 2 is 1.88 bits per heavy atom. The largest absolute Gasteiger partial charge is 0.337 e. The number of aromatic nitrogens is 2. The van der Waals surface area contributed by atoms with Crippen LogP contribution in [0, 0.1) is 6.92 Å². The van der Waals surface area contributed by atoms with Crippen molar-refractivity contribution in [3.63, 3.8) is 0 Å². The number of hydrogen-bond acceptors (Lipinski definition) is 4. The molecule has 3 rings (SSSR count). The Balaban J connectivity index is 1.95. The fourth-order valence-electron chi connectivity index (χ4n) is 3.59. The van der Waals surface area contributed by atoms with Crippen molar-refractivity contribution in [3.8, 4) is 0 Å². The molecule has 1 aliphatic heterocycles. The van der Waals surface area contributed by atoms with Gasteiger partial charge < -0.3 is 9.80 Å². The predicted molar refractivity (Wildman–Crippen MR) is 105 cm³/mol. The molecule has 1 aromatic heterocycles. The first-order valence-electron chi connectivity index (χ1n) is 9.64. The molecule has 0 spiro atoms. The summed E-state index contributed by atoms with van der Waals surface area (Å²) in [4.78, 5) is 26.2. The van der Waals surface area contributed by atoms with Crippen molar-refractivity contribution in [2.24, 2.45) is 0 Å². The Hall–Kier alpha value is -2.43. The van der Waals surface area contributed by atoms with Gasteiger partial charge in [-0.25, -0.2) is 9.97 Å². The van der Waals surface area contributed by atoms with Crippen molar-refractivity contribution >= 4 is 17.4 Å². The normalized spacial score (nSPS) is 13.4. The summed E-state index contributed by atoms with van der Waals surface area (Å²) >= 11 is 0. The number of hydrogen-bond donors (Lipinski definition) is 0. The lowest BCUT2D eigenvalue weighted by atomic mass is 10.0. The van der Waals surface area contributed by atoms with Gasteiger partial charge in [-0.1, -0.05) is 32.0 Å². The first-order valence-corrected chi connectivity index (χ1v) is 9.64. The molecule has 5 heteroatoms. The molecule has 0 fully saturated rings. The van der Waals surface area contributed by atoms with Crippen LogP contribution in [0.3, 0.4) is 0 Å². The van der Waals surface area contributed by atoms with Crippen molar-refractivity contribution in [2.45, 2.75) is 46.5 Å². The van der Waals surface area contributed by atoms with Crippen LogP contribution in [0.1, 0.15) is 55.0 Å². The topological polar surface area (TPSA) is 49.3 Å². The van der Waals surface area contributed by atoms with E-state index >= 15 is 0 Å². The van der Waals surface area contributed by atoms with Crippen LogP contribution in [0.15, 0.2) is 30.3 Å². The van der Waals surface area contributed by atoms with E-state index in [-0.39, 0.29) is 5.91 Å². The third-order valence-corrected chi connectivity index (χ3v) is 4.70. The van der Waals surface area contributed by atoms with E-state index in [0.29, 0.717) is 11.5 Å². The van der Waals surface area contributed by atoms with Crippen LogP contribution in [0.5, 0.6) is 0 Å². The third kappa shape index (κ3) is 3.87. The van der Waals surface area contributed by atoms with Crippen molar-refractivity contribution < 1.29 is 4.79 Å². The Morgan fingerprint density at radius 3 is 2.62 bits per heavy atom. The number of nitrogens with zero attached hydrogens (tertiary/aromatic N) is 4. The molecule has 138 valence electrons. The second-order valence-corrected chi connectivity index (χ2v) is 6.83. The maximum absolute atomic E-state index is 13.0. The highest BCUT2D eigenvalue weighted by Crippen LogP contribution is 2.32. The highest BCUT2D eigenvalue weighted by Gasteiger charge is 2.22. The summed E-state index contributed by atoms with van der Waals surface area (Å²) in [7, 11) is 0. The summed E-state index contributed by atoms with van der Waals surface area (Å²) in [6.07, 6.45) is 4.06. The lowest BCUT2D eigenvalue weighted by Gasteiger charge is -2.31.